The molecule has 0 fully saturated rings. The maximum absolute atomic E-state index is 11.9. The first-order valence-corrected chi connectivity index (χ1v) is 7.69. The van der Waals surface area contributed by atoms with Gasteiger partial charge in [-0.25, -0.2) is 9.67 Å². The maximum atomic E-state index is 11.9. The number of hydrogen-bond donors (Lipinski definition) is 1. The number of thiazole rings is 1. The summed E-state index contributed by atoms with van der Waals surface area (Å²) in [7, 11) is 0. The average Bonchev–Trinajstić information content (AvgIpc) is 2.88. The summed E-state index contributed by atoms with van der Waals surface area (Å²) in [4.78, 5) is 17.5. The monoisotopic (exact) mass is 342 g/mol. The molecule has 0 aliphatic heterocycles. The average molecular weight is 343 g/mol. The SMILES string of the molecule is CCc1cnc(CNc2cnn(CC)c(=O)c2Br)s1. The highest BCUT2D eigenvalue weighted by Gasteiger charge is 2.08. The van der Waals surface area contributed by atoms with Crippen LogP contribution in [0.3, 0.4) is 0 Å². The Balaban J connectivity index is 2.11. The minimum atomic E-state index is -0.124. The van der Waals surface area contributed by atoms with Gasteiger partial charge in [0, 0.05) is 17.6 Å². The first-order valence-electron chi connectivity index (χ1n) is 6.08. The predicted molar refractivity (Wildman–Crippen MR) is 80.7 cm³/mol. The molecule has 0 saturated carbocycles. The van der Waals surface area contributed by atoms with Gasteiger partial charge in [0.2, 0.25) is 0 Å². The van der Waals surface area contributed by atoms with Crippen LogP contribution in [0, 0.1) is 0 Å². The molecule has 0 aliphatic rings. The van der Waals surface area contributed by atoms with E-state index in [4.69, 9.17) is 0 Å². The Morgan fingerprint density at radius 1 is 1.42 bits per heavy atom. The highest BCUT2D eigenvalue weighted by atomic mass is 79.9. The fourth-order valence-corrected chi connectivity index (χ4v) is 2.83. The van der Waals surface area contributed by atoms with Crippen molar-refractivity contribution in [2.75, 3.05) is 5.32 Å². The second-order valence-electron chi connectivity index (χ2n) is 3.92. The molecule has 102 valence electrons. The van der Waals surface area contributed by atoms with Gasteiger partial charge in [0.05, 0.1) is 18.4 Å². The molecule has 0 atom stereocenters. The van der Waals surface area contributed by atoms with Crippen LogP contribution < -0.4 is 10.9 Å². The van der Waals surface area contributed by atoms with Crippen molar-refractivity contribution < 1.29 is 0 Å². The molecule has 2 heterocycles. The van der Waals surface area contributed by atoms with Crippen molar-refractivity contribution in [1.82, 2.24) is 14.8 Å². The van der Waals surface area contributed by atoms with Crippen molar-refractivity contribution in [1.29, 1.82) is 0 Å². The van der Waals surface area contributed by atoms with Crippen LogP contribution in [0.15, 0.2) is 21.7 Å². The molecule has 7 heteroatoms. The van der Waals surface area contributed by atoms with E-state index in [1.54, 1.807) is 17.5 Å². The van der Waals surface area contributed by atoms with Crippen LogP contribution in [0.4, 0.5) is 5.69 Å². The summed E-state index contributed by atoms with van der Waals surface area (Å²) >= 11 is 4.99. The number of nitrogens with one attached hydrogen (secondary N) is 1. The van der Waals surface area contributed by atoms with Crippen LogP contribution in [0.1, 0.15) is 23.7 Å². The zero-order chi connectivity index (χ0) is 13.8. The summed E-state index contributed by atoms with van der Waals surface area (Å²) < 4.78 is 1.92. The predicted octanol–water partition coefficient (Wildman–Crippen LogP) is 2.66. The normalized spacial score (nSPS) is 10.7. The van der Waals surface area contributed by atoms with Crippen molar-refractivity contribution in [2.24, 2.45) is 0 Å². The summed E-state index contributed by atoms with van der Waals surface area (Å²) in [6.07, 6.45) is 4.54. The molecule has 2 aromatic rings. The fourth-order valence-electron chi connectivity index (χ4n) is 1.58. The Labute approximate surface area is 123 Å². The van der Waals surface area contributed by atoms with Crippen molar-refractivity contribution in [3.05, 3.63) is 37.1 Å². The molecular formula is C12H15BrN4OS. The van der Waals surface area contributed by atoms with Gasteiger partial charge in [0.15, 0.2) is 0 Å². The highest BCUT2D eigenvalue weighted by molar-refractivity contribution is 9.10. The molecule has 2 aromatic heterocycles. The van der Waals surface area contributed by atoms with Gasteiger partial charge in [-0.05, 0) is 29.3 Å². The van der Waals surface area contributed by atoms with E-state index in [2.05, 4.69) is 38.3 Å². The fraction of sp³-hybridized carbons (Fsp3) is 0.417. The number of hydrogen-bond acceptors (Lipinski definition) is 5. The van der Waals surface area contributed by atoms with Crippen LogP contribution in [-0.4, -0.2) is 14.8 Å². The number of aryl methyl sites for hydroxylation is 2. The minimum Gasteiger partial charge on any atom is -0.376 e. The smallest absolute Gasteiger partial charge is 0.283 e. The lowest BCUT2D eigenvalue weighted by Crippen LogP contribution is -2.23. The molecule has 0 saturated heterocycles. The number of anilines is 1. The summed E-state index contributed by atoms with van der Waals surface area (Å²) in [6, 6.07) is 0. The van der Waals surface area contributed by atoms with Gasteiger partial charge in [-0.2, -0.15) is 5.10 Å². The topological polar surface area (TPSA) is 59.8 Å². The molecule has 19 heavy (non-hydrogen) atoms. The second-order valence-corrected chi connectivity index (χ2v) is 5.91. The van der Waals surface area contributed by atoms with Gasteiger partial charge >= 0.3 is 0 Å². The van der Waals surface area contributed by atoms with Crippen molar-refractivity contribution in [3.8, 4) is 0 Å². The Morgan fingerprint density at radius 2 is 2.21 bits per heavy atom. The van der Waals surface area contributed by atoms with Crippen molar-refractivity contribution in [3.63, 3.8) is 0 Å². The summed E-state index contributed by atoms with van der Waals surface area (Å²) in [5, 5.41) is 8.27. The molecule has 0 bridgehead atoms. The van der Waals surface area contributed by atoms with Crippen LogP contribution in [0.5, 0.6) is 0 Å². The first kappa shape index (κ1) is 14.2. The lowest BCUT2D eigenvalue weighted by atomic mass is 10.4. The quantitative estimate of drug-likeness (QED) is 0.907. The largest absolute Gasteiger partial charge is 0.376 e. The number of halogens is 1. The second kappa shape index (κ2) is 6.29. The van der Waals surface area contributed by atoms with E-state index in [-0.39, 0.29) is 5.56 Å². The standard InChI is InChI=1S/C12H15BrN4OS/c1-3-8-5-15-10(19-8)7-14-9-6-16-17(4-2)12(18)11(9)13/h5-6,14H,3-4,7H2,1-2H3. The molecule has 0 aromatic carbocycles. The lowest BCUT2D eigenvalue weighted by molar-refractivity contribution is 0.613. The molecule has 0 amide bonds. The molecule has 5 nitrogen and oxygen atoms in total. The number of aromatic nitrogens is 3. The van der Waals surface area contributed by atoms with Crippen LogP contribution in [0.25, 0.3) is 0 Å². The highest BCUT2D eigenvalue weighted by Crippen LogP contribution is 2.19. The van der Waals surface area contributed by atoms with Gasteiger partial charge < -0.3 is 5.32 Å². The first-order chi connectivity index (χ1) is 9.15. The third kappa shape index (κ3) is 3.22. The minimum absolute atomic E-state index is 0.124. The van der Waals surface area contributed by atoms with E-state index in [9.17, 15) is 4.79 Å². The number of rotatable bonds is 5. The van der Waals surface area contributed by atoms with Gasteiger partial charge in [-0.15, -0.1) is 11.3 Å². The molecule has 2 rings (SSSR count). The lowest BCUT2D eigenvalue weighted by Gasteiger charge is -2.08. The Morgan fingerprint density at radius 3 is 2.84 bits per heavy atom. The van der Waals surface area contributed by atoms with Crippen molar-refractivity contribution >= 4 is 33.0 Å². The van der Waals surface area contributed by atoms with Gasteiger partial charge in [0.1, 0.15) is 9.48 Å². The zero-order valence-electron chi connectivity index (χ0n) is 10.8. The summed E-state index contributed by atoms with van der Waals surface area (Å²) in [5.41, 5.74) is 0.573. The molecule has 0 radical (unpaired) electrons. The Kier molecular flexibility index (Phi) is 4.71. The van der Waals surface area contributed by atoms with Gasteiger partial charge in [-0.3, -0.25) is 4.79 Å². The van der Waals surface area contributed by atoms with E-state index >= 15 is 0 Å². The third-order valence-electron chi connectivity index (χ3n) is 2.66. The molecule has 0 aliphatic carbocycles. The van der Waals surface area contributed by atoms with E-state index in [0.29, 0.717) is 23.2 Å². The molecule has 0 spiro atoms. The van der Waals surface area contributed by atoms with Gasteiger partial charge in [-0.1, -0.05) is 6.92 Å². The van der Waals surface area contributed by atoms with E-state index < -0.39 is 0 Å². The van der Waals surface area contributed by atoms with Crippen molar-refractivity contribution in [2.45, 2.75) is 33.4 Å². The third-order valence-corrected chi connectivity index (χ3v) is 4.57. The Hall–Kier alpha value is -1.21. The number of nitrogens with zero attached hydrogens (tertiary/aromatic N) is 3. The summed E-state index contributed by atoms with van der Waals surface area (Å²) in [6.45, 7) is 5.15. The summed E-state index contributed by atoms with van der Waals surface area (Å²) in [5.74, 6) is 0. The van der Waals surface area contributed by atoms with Crippen LogP contribution >= 0.6 is 27.3 Å². The van der Waals surface area contributed by atoms with Gasteiger partial charge in [0.25, 0.3) is 5.56 Å². The van der Waals surface area contributed by atoms with E-state index in [1.165, 1.54) is 9.56 Å². The van der Waals surface area contributed by atoms with E-state index in [1.807, 2.05) is 13.1 Å². The maximum Gasteiger partial charge on any atom is 0.283 e. The Bertz CT molecular complexity index is 622. The van der Waals surface area contributed by atoms with Crippen LogP contribution in [-0.2, 0) is 19.5 Å². The molecule has 1 N–H and O–H groups in total. The molecule has 0 unspecified atom stereocenters. The zero-order valence-corrected chi connectivity index (χ0v) is 13.2. The van der Waals surface area contributed by atoms with E-state index in [0.717, 1.165) is 11.4 Å². The molecular weight excluding hydrogens is 328 g/mol. The van der Waals surface area contributed by atoms with Crippen LogP contribution in [0.2, 0.25) is 0 Å².